The average molecular weight is 278 g/mol. The zero-order chi connectivity index (χ0) is 14.5. The van der Waals surface area contributed by atoms with Crippen molar-refractivity contribution in [3.05, 3.63) is 35.9 Å². The maximum atomic E-state index is 11.8. The summed E-state index contributed by atoms with van der Waals surface area (Å²) in [7, 11) is 0. The highest BCUT2D eigenvalue weighted by atomic mass is 16.6. The van der Waals surface area contributed by atoms with E-state index in [2.05, 4.69) is 0 Å². The number of hydrogen-bond acceptors (Lipinski definition) is 5. The molecule has 0 amide bonds. The quantitative estimate of drug-likeness (QED) is 0.788. The fraction of sp³-hybridized carbons (Fsp3) is 0.467. The van der Waals surface area contributed by atoms with Crippen LogP contribution in [0.2, 0.25) is 0 Å². The Bertz CT molecular complexity index is 470. The highest BCUT2D eigenvalue weighted by Gasteiger charge is 2.35. The van der Waals surface area contributed by atoms with E-state index in [-0.39, 0.29) is 36.9 Å². The van der Waals surface area contributed by atoms with Crippen molar-refractivity contribution in [2.75, 3.05) is 6.61 Å². The molecule has 0 aliphatic carbocycles. The first-order valence-electron chi connectivity index (χ1n) is 6.61. The summed E-state index contributed by atoms with van der Waals surface area (Å²) in [6.45, 7) is 3.37. The molecular weight excluding hydrogens is 260 g/mol. The van der Waals surface area contributed by atoms with Crippen molar-refractivity contribution < 1.29 is 23.8 Å². The van der Waals surface area contributed by atoms with E-state index in [1.54, 1.807) is 24.3 Å². The molecule has 0 spiro atoms. The van der Waals surface area contributed by atoms with Gasteiger partial charge in [0.1, 0.15) is 12.7 Å². The maximum absolute atomic E-state index is 11.8. The van der Waals surface area contributed by atoms with E-state index in [1.807, 2.05) is 13.0 Å². The van der Waals surface area contributed by atoms with Gasteiger partial charge in [-0.25, -0.2) is 4.79 Å². The van der Waals surface area contributed by atoms with E-state index >= 15 is 0 Å². The number of carbonyl (C=O) groups is 2. The van der Waals surface area contributed by atoms with E-state index in [0.29, 0.717) is 12.0 Å². The second-order valence-electron chi connectivity index (χ2n) is 4.81. The molecule has 1 saturated heterocycles. The topological polar surface area (TPSA) is 61.8 Å². The summed E-state index contributed by atoms with van der Waals surface area (Å²) in [5.74, 6) is -0.704. The lowest BCUT2D eigenvalue weighted by molar-refractivity contribution is -0.148. The minimum absolute atomic E-state index is 0.163. The van der Waals surface area contributed by atoms with Gasteiger partial charge in [0.15, 0.2) is 0 Å². The summed E-state index contributed by atoms with van der Waals surface area (Å²) < 4.78 is 16.0. The maximum Gasteiger partial charge on any atom is 0.338 e. The molecule has 1 fully saturated rings. The molecule has 0 saturated carbocycles. The molecule has 1 aliphatic rings. The lowest BCUT2D eigenvalue weighted by Gasteiger charge is -2.12. The Labute approximate surface area is 117 Å². The second kappa shape index (κ2) is 6.52. The largest absolute Gasteiger partial charge is 0.460 e. The predicted molar refractivity (Wildman–Crippen MR) is 71.2 cm³/mol. The fourth-order valence-electron chi connectivity index (χ4n) is 2.19. The third-order valence-electron chi connectivity index (χ3n) is 3.15. The first-order valence-corrected chi connectivity index (χ1v) is 6.61. The Morgan fingerprint density at radius 3 is 2.65 bits per heavy atom. The van der Waals surface area contributed by atoms with Crippen molar-refractivity contribution in [2.45, 2.75) is 38.6 Å². The van der Waals surface area contributed by atoms with Gasteiger partial charge in [-0.1, -0.05) is 18.2 Å². The third-order valence-corrected chi connectivity index (χ3v) is 3.15. The van der Waals surface area contributed by atoms with Crippen LogP contribution in [0.25, 0.3) is 0 Å². The summed E-state index contributed by atoms with van der Waals surface area (Å²) in [6, 6.07) is 8.79. The number of hydrogen-bond donors (Lipinski definition) is 0. The Hall–Kier alpha value is -1.88. The van der Waals surface area contributed by atoms with E-state index in [4.69, 9.17) is 14.2 Å². The molecule has 108 valence electrons. The van der Waals surface area contributed by atoms with E-state index < -0.39 is 0 Å². The first-order chi connectivity index (χ1) is 9.56. The molecule has 1 heterocycles. The van der Waals surface area contributed by atoms with Crippen LogP contribution in [0, 0.1) is 0 Å². The minimum Gasteiger partial charge on any atom is -0.460 e. The molecule has 3 unspecified atom stereocenters. The molecule has 0 aromatic heterocycles. The molecule has 2 rings (SSSR count). The first kappa shape index (κ1) is 14.5. The summed E-state index contributed by atoms with van der Waals surface area (Å²) in [5, 5.41) is 0. The van der Waals surface area contributed by atoms with Crippen LogP contribution in [-0.2, 0) is 19.0 Å². The van der Waals surface area contributed by atoms with Crippen LogP contribution in [0.5, 0.6) is 0 Å². The van der Waals surface area contributed by atoms with Crippen LogP contribution in [0.15, 0.2) is 30.3 Å². The van der Waals surface area contributed by atoms with Gasteiger partial charge in [0, 0.05) is 13.3 Å². The fourth-order valence-corrected chi connectivity index (χ4v) is 2.19. The molecule has 5 heteroatoms. The predicted octanol–water partition coefficient (Wildman–Crippen LogP) is 1.95. The SMILES string of the molecule is CC(=O)OC1CC(COC(=O)c2ccccc2)OC1C. The summed E-state index contributed by atoms with van der Waals surface area (Å²) in [4.78, 5) is 22.7. The molecule has 0 N–H and O–H groups in total. The summed E-state index contributed by atoms with van der Waals surface area (Å²) in [6.07, 6.45) is -0.141. The Morgan fingerprint density at radius 2 is 2.00 bits per heavy atom. The van der Waals surface area contributed by atoms with E-state index in [0.717, 1.165) is 0 Å². The number of rotatable bonds is 4. The van der Waals surface area contributed by atoms with Crippen molar-refractivity contribution in [2.24, 2.45) is 0 Å². The molecule has 1 aliphatic heterocycles. The Morgan fingerprint density at radius 1 is 1.30 bits per heavy atom. The molecule has 1 aromatic rings. The van der Waals surface area contributed by atoms with Crippen LogP contribution in [0.4, 0.5) is 0 Å². The number of carbonyl (C=O) groups excluding carboxylic acids is 2. The minimum atomic E-state index is -0.377. The average Bonchev–Trinajstić information content (AvgIpc) is 2.77. The third kappa shape index (κ3) is 3.81. The molecule has 20 heavy (non-hydrogen) atoms. The van der Waals surface area contributed by atoms with Crippen molar-refractivity contribution in [3.63, 3.8) is 0 Å². The van der Waals surface area contributed by atoms with Gasteiger partial charge in [0.2, 0.25) is 0 Å². The van der Waals surface area contributed by atoms with Crippen LogP contribution in [-0.4, -0.2) is 36.9 Å². The van der Waals surface area contributed by atoms with Gasteiger partial charge in [0.25, 0.3) is 0 Å². The summed E-state index contributed by atoms with van der Waals surface area (Å²) >= 11 is 0. The molecule has 3 atom stereocenters. The van der Waals surface area contributed by atoms with Crippen LogP contribution in [0.3, 0.4) is 0 Å². The number of ether oxygens (including phenoxy) is 3. The normalized spacial score (nSPS) is 25.2. The van der Waals surface area contributed by atoms with Gasteiger partial charge in [-0.05, 0) is 19.1 Å². The van der Waals surface area contributed by atoms with E-state index in [9.17, 15) is 9.59 Å². The van der Waals surface area contributed by atoms with Gasteiger partial charge in [0.05, 0.1) is 17.8 Å². The molecule has 0 radical (unpaired) electrons. The second-order valence-corrected chi connectivity index (χ2v) is 4.81. The summed E-state index contributed by atoms with van der Waals surface area (Å²) in [5.41, 5.74) is 0.509. The Balaban J connectivity index is 1.81. The van der Waals surface area contributed by atoms with Gasteiger partial charge in [-0.3, -0.25) is 4.79 Å². The Kier molecular flexibility index (Phi) is 4.74. The number of benzene rings is 1. The van der Waals surface area contributed by atoms with E-state index in [1.165, 1.54) is 6.92 Å². The standard InChI is InChI=1S/C15H18O5/c1-10-14(20-11(2)16)8-13(19-10)9-18-15(17)12-6-4-3-5-7-12/h3-7,10,13-14H,8-9H2,1-2H3. The van der Waals surface area contributed by atoms with Gasteiger partial charge < -0.3 is 14.2 Å². The highest BCUT2D eigenvalue weighted by molar-refractivity contribution is 5.89. The van der Waals surface area contributed by atoms with Crippen molar-refractivity contribution in [1.29, 1.82) is 0 Å². The zero-order valence-electron chi connectivity index (χ0n) is 11.6. The lowest BCUT2D eigenvalue weighted by Crippen LogP contribution is -2.23. The lowest BCUT2D eigenvalue weighted by atomic mass is 10.1. The smallest absolute Gasteiger partial charge is 0.338 e. The van der Waals surface area contributed by atoms with Gasteiger partial charge >= 0.3 is 11.9 Å². The molecule has 5 nitrogen and oxygen atoms in total. The zero-order valence-corrected chi connectivity index (χ0v) is 11.6. The van der Waals surface area contributed by atoms with Crippen molar-refractivity contribution >= 4 is 11.9 Å². The van der Waals surface area contributed by atoms with Gasteiger partial charge in [-0.15, -0.1) is 0 Å². The van der Waals surface area contributed by atoms with Crippen LogP contribution < -0.4 is 0 Å². The molecule has 1 aromatic carbocycles. The monoisotopic (exact) mass is 278 g/mol. The molecule has 0 bridgehead atoms. The van der Waals surface area contributed by atoms with Crippen LogP contribution in [0.1, 0.15) is 30.6 Å². The van der Waals surface area contributed by atoms with Crippen molar-refractivity contribution in [3.8, 4) is 0 Å². The molecular formula is C15H18O5. The number of esters is 2. The van der Waals surface area contributed by atoms with Gasteiger partial charge in [-0.2, -0.15) is 0 Å². The van der Waals surface area contributed by atoms with Crippen LogP contribution >= 0.6 is 0 Å². The van der Waals surface area contributed by atoms with Crippen molar-refractivity contribution in [1.82, 2.24) is 0 Å². The highest BCUT2D eigenvalue weighted by Crippen LogP contribution is 2.23.